The van der Waals surface area contributed by atoms with E-state index in [2.05, 4.69) is 31.4 Å². The summed E-state index contributed by atoms with van der Waals surface area (Å²) in [6, 6.07) is 4.21. The van der Waals surface area contributed by atoms with Gasteiger partial charge in [0.2, 0.25) is 0 Å². The Morgan fingerprint density at radius 1 is 1.47 bits per heavy atom. The summed E-state index contributed by atoms with van der Waals surface area (Å²) in [5.74, 6) is 0.191. The molecule has 1 aromatic heterocycles. The van der Waals surface area contributed by atoms with Crippen molar-refractivity contribution >= 4 is 27.3 Å². The lowest BCUT2D eigenvalue weighted by Crippen LogP contribution is -2.04. The largest absolute Gasteiger partial charge is 0.429 e. The monoisotopic (exact) mass is 317 g/mol. The molecule has 17 heavy (non-hydrogen) atoms. The van der Waals surface area contributed by atoms with Gasteiger partial charge < -0.3 is 10.1 Å². The molecule has 0 aliphatic carbocycles. The van der Waals surface area contributed by atoms with Gasteiger partial charge >= 0.3 is 0 Å². The molecule has 0 unspecified atom stereocenters. The van der Waals surface area contributed by atoms with Crippen LogP contribution in [-0.4, -0.2) is 17.2 Å². The highest BCUT2D eigenvalue weighted by molar-refractivity contribution is 9.10. The van der Waals surface area contributed by atoms with E-state index < -0.39 is 0 Å². The highest BCUT2D eigenvalue weighted by atomic mass is 79.9. The van der Waals surface area contributed by atoms with Crippen LogP contribution in [0.1, 0.15) is 5.01 Å². The lowest BCUT2D eigenvalue weighted by Gasteiger charge is -2.03. The second-order valence-electron chi connectivity index (χ2n) is 3.17. The van der Waals surface area contributed by atoms with Crippen LogP contribution in [0.5, 0.6) is 10.9 Å². The molecule has 0 saturated carbocycles. The van der Waals surface area contributed by atoms with Gasteiger partial charge in [0.15, 0.2) is 0 Å². The fourth-order valence-electron chi connectivity index (χ4n) is 1.15. The van der Waals surface area contributed by atoms with Gasteiger partial charge in [0.25, 0.3) is 5.19 Å². The Kier molecular flexibility index (Phi) is 4.03. The van der Waals surface area contributed by atoms with E-state index in [1.54, 1.807) is 6.07 Å². The van der Waals surface area contributed by atoms with E-state index in [9.17, 15) is 4.39 Å². The van der Waals surface area contributed by atoms with Crippen molar-refractivity contribution in [3.63, 3.8) is 0 Å². The third-order valence-corrected chi connectivity index (χ3v) is 3.29. The Morgan fingerprint density at radius 2 is 2.29 bits per heavy atom. The summed E-state index contributed by atoms with van der Waals surface area (Å²) in [5.41, 5.74) is 0. The van der Waals surface area contributed by atoms with Gasteiger partial charge in [0.05, 0.1) is 4.47 Å². The zero-order valence-corrected chi connectivity index (χ0v) is 11.3. The number of benzene rings is 1. The predicted octanol–water partition coefficient (Wildman–Crippen LogP) is 2.95. The first-order valence-electron chi connectivity index (χ1n) is 4.79. The van der Waals surface area contributed by atoms with Crippen molar-refractivity contribution in [2.75, 3.05) is 7.05 Å². The Hall–Kier alpha value is -1.05. The van der Waals surface area contributed by atoms with E-state index in [4.69, 9.17) is 4.74 Å². The first-order valence-corrected chi connectivity index (χ1v) is 6.40. The third-order valence-electron chi connectivity index (χ3n) is 1.87. The molecule has 1 N–H and O–H groups in total. The van der Waals surface area contributed by atoms with E-state index in [1.807, 2.05) is 7.05 Å². The summed E-state index contributed by atoms with van der Waals surface area (Å²) < 4.78 is 18.9. The summed E-state index contributed by atoms with van der Waals surface area (Å²) in [6.07, 6.45) is 0. The second-order valence-corrected chi connectivity index (χ2v) is 5.05. The van der Waals surface area contributed by atoms with Crippen LogP contribution < -0.4 is 10.1 Å². The summed E-state index contributed by atoms with van der Waals surface area (Å²) in [7, 11) is 1.83. The highest BCUT2D eigenvalue weighted by Gasteiger charge is 2.08. The van der Waals surface area contributed by atoms with Gasteiger partial charge in [-0.15, -0.1) is 5.10 Å². The molecule has 1 heterocycles. The van der Waals surface area contributed by atoms with Crippen LogP contribution in [0.4, 0.5) is 4.39 Å². The number of ether oxygens (including phenoxy) is 1. The number of hydrogen-bond donors (Lipinski definition) is 1. The minimum absolute atomic E-state index is 0.322. The van der Waals surface area contributed by atoms with E-state index in [-0.39, 0.29) is 5.82 Å². The molecule has 7 heteroatoms. The van der Waals surface area contributed by atoms with Crippen LogP contribution >= 0.6 is 27.3 Å². The average molecular weight is 318 g/mol. The number of hydrogen-bond acceptors (Lipinski definition) is 5. The highest BCUT2D eigenvalue weighted by Crippen LogP contribution is 2.31. The summed E-state index contributed by atoms with van der Waals surface area (Å²) in [6.45, 7) is 0.644. The van der Waals surface area contributed by atoms with E-state index in [1.165, 1.54) is 23.5 Å². The van der Waals surface area contributed by atoms with Crippen molar-refractivity contribution in [3.8, 4) is 10.9 Å². The third kappa shape index (κ3) is 3.21. The molecular formula is C10H9BrFN3OS. The standard InChI is InChI=1S/C10H9BrFN3OS/c1-13-5-9-14-15-10(17-9)16-8-3-2-6(12)4-7(8)11/h2-4,13H,5H2,1H3. The molecule has 0 aliphatic heterocycles. The molecule has 0 fully saturated rings. The first kappa shape index (κ1) is 12.4. The van der Waals surface area contributed by atoms with Crippen molar-refractivity contribution in [1.82, 2.24) is 15.5 Å². The van der Waals surface area contributed by atoms with Crippen LogP contribution in [0.2, 0.25) is 0 Å². The molecule has 2 aromatic rings. The van der Waals surface area contributed by atoms with Gasteiger partial charge in [0.1, 0.15) is 16.6 Å². The van der Waals surface area contributed by atoms with Crippen LogP contribution in [0.3, 0.4) is 0 Å². The molecule has 0 aliphatic rings. The van der Waals surface area contributed by atoms with Gasteiger partial charge in [-0.25, -0.2) is 4.39 Å². The molecule has 0 saturated heterocycles. The molecule has 0 spiro atoms. The van der Waals surface area contributed by atoms with Crippen molar-refractivity contribution < 1.29 is 9.13 Å². The quantitative estimate of drug-likeness (QED) is 0.941. The summed E-state index contributed by atoms with van der Waals surface area (Å²) in [4.78, 5) is 0. The van der Waals surface area contributed by atoms with E-state index in [0.717, 1.165) is 5.01 Å². The molecule has 4 nitrogen and oxygen atoms in total. The minimum atomic E-state index is -0.322. The maximum Gasteiger partial charge on any atom is 0.299 e. The topological polar surface area (TPSA) is 47.0 Å². The first-order chi connectivity index (χ1) is 8.19. The van der Waals surface area contributed by atoms with Gasteiger partial charge in [-0.3, -0.25) is 0 Å². The van der Waals surface area contributed by atoms with Crippen molar-refractivity contribution in [2.24, 2.45) is 0 Å². The summed E-state index contributed by atoms with van der Waals surface area (Å²) in [5, 5.41) is 12.1. The lowest BCUT2D eigenvalue weighted by atomic mass is 10.3. The molecular weight excluding hydrogens is 309 g/mol. The van der Waals surface area contributed by atoms with Crippen LogP contribution in [0.25, 0.3) is 0 Å². The molecule has 0 radical (unpaired) electrons. The zero-order chi connectivity index (χ0) is 12.3. The minimum Gasteiger partial charge on any atom is -0.429 e. The Bertz CT molecular complexity index is 520. The summed E-state index contributed by atoms with van der Waals surface area (Å²) >= 11 is 4.56. The second kappa shape index (κ2) is 5.52. The van der Waals surface area contributed by atoms with Gasteiger partial charge in [-0.2, -0.15) is 0 Å². The fraction of sp³-hybridized carbons (Fsp3) is 0.200. The molecule has 0 atom stereocenters. The zero-order valence-electron chi connectivity index (χ0n) is 8.91. The van der Waals surface area contributed by atoms with Gasteiger partial charge in [-0.1, -0.05) is 16.4 Å². The van der Waals surface area contributed by atoms with Crippen LogP contribution in [0.15, 0.2) is 22.7 Å². The van der Waals surface area contributed by atoms with Gasteiger partial charge in [-0.05, 0) is 41.2 Å². The maximum absolute atomic E-state index is 12.9. The van der Waals surface area contributed by atoms with Gasteiger partial charge in [0, 0.05) is 6.54 Å². The Morgan fingerprint density at radius 3 is 3.00 bits per heavy atom. The van der Waals surface area contributed by atoms with E-state index in [0.29, 0.717) is 22.0 Å². The number of halogens is 2. The number of nitrogens with one attached hydrogen (secondary N) is 1. The SMILES string of the molecule is CNCc1nnc(Oc2ccc(F)cc2Br)s1. The molecule has 0 bridgehead atoms. The molecule has 0 amide bonds. The van der Waals surface area contributed by atoms with Crippen molar-refractivity contribution in [1.29, 1.82) is 0 Å². The molecule has 2 rings (SSSR count). The van der Waals surface area contributed by atoms with Crippen molar-refractivity contribution in [3.05, 3.63) is 33.5 Å². The number of aromatic nitrogens is 2. The molecule has 90 valence electrons. The number of rotatable bonds is 4. The van der Waals surface area contributed by atoms with E-state index >= 15 is 0 Å². The van der Waals surface area contributed by atoms with Crippen molar-refractivity contribution in [2.45, 2.75) is 6.54 Å². The lowest BCUT2D eigenvalue weighted by molar-refractivity contribution is 0.468. The fourth-order valence-corrected chi connectivity index (χ4v) is 2.30. The number of nitrogens with zero attached hydrogens (tertiary/aromatic N) is 2. The van der Waals surface area contributed by atoms with Crippen LogP contribution in [0, 0.1) is 5.82 Å². The maximum atomic E-state index is 12.9. The Labute approximate surface area is 110 Å². The predicted molar refractivity (Wildman–Crippen MR) is 66.8 cm³/mol. The van der Waals surface area contributed by atoms with Crippen LogP contribution in [-0.2, 0) is 6.54 Å². The Balaban J connectivity index is 2.13. The average Bonchev–Trinajstić information content (AvgIpc) is 2.71. The normalized spacial score (nSPS) is 10.5. The molecule has 1 aromatic carbocycles. The smallest absolute Gasteiger partial charge is 0.299 e.